The Morgan fingerprint density at radius 2 is 1.19 bits per heavy atom. The molecule has 14 nitrogen and oxygen atoms in total. The summed E-state index contributed by atoms with van der Waals surface area (Å²) in [7, 11) is 0. The molecule has 0 aliphatic rings. The van der Waals surface area contributed by atoms with Crippen LogP contribution >= 0.6 is 0 Å². The molecular weight excluding hydrogens is 606 g/mol. The fraction of sp³-hybridized carbons (Fsp3) is 0.364. The largest absolute Gasteiger partial charge is 0.481 e. The maximum Gasteiger partial charge on any atom is 0.326 e. The number of aromatic nitrogens is 2. The summed E-state index contributed by atoms with van der Waals surface area (Å²) in [6.07, 6.45) is 4.19. The van der Waals surface area contributed by atoms with Gasteiger partial charge in [0.15, 0.2) is 0 Å². The first kappa shape index (κ1) is 34.7. The monoisotopic (exact) mass is 647 g/mol. The van der Waals surface area contributed by atoms with Crippen LogP contribution in [0.3, 0.4) is 0 Å². The van der Waals surface area contributed by atoms with Crippen LogP contribution in [-0.2, 0) is 36.8 Å². The minimum absolute atomic E-state index is 0.0304. The van der Waals surface area contributed by atoms with E-state index < -0.39 is 60.2 Å². The molecule has 47 heavy (non-hydrogen) atoms. The number of rotatable bonds is 18. The van der Waals surface area contributed by atoms with E-state index in [0.29, 0.717) is 36.9 Å². The summed E-state index contributed by atoms with van der Waals surface area (Å²) in [6, 6.07) is 9.82. The molecule has 250 valence electrons. The zero-order chi connectivity index (χ0) is 33.9. The summed E-state index contributed by atoms with van der Waals surface area (Å²) in [4.78, 5) is 70.2. The average Bonchev–Trinajstić information content (AvgIpc) is 3.66. The zero-order valence-corrected chi connectivity index (χ0v) is 25.8. The molecule has 2 heterocycles. The molecule has 3 amide bonds. The highest BCUT2D eigenvalue weighted by Gasteiger charge is 2.31. The van der Waals surface area contributed by atoms with Gasteiger partial charge < -0.3 is 47.6 Å². The van der Waals surface area contributed by atoms with Crippen molar-refractivity contribution < 1.29 is 34.2 Å². The topological polar surface area (TPSA) is 246 Å². The van der Waals surface area contributed by atoms with Gasteiger partial charge in [-0.3, -0.25) is 19.2 Å². The fourth-order valence-corrected chi connectivity index (χ4v) is 5.45. The number of aromatic amines is 2. The van der Waals surface area contributed by atoms with Crippen LogP contribution in [0.1, 0.15) is 43.2 Å². The van der Waals surface area contributed by atoms with Crippen molar-refractivity contribution in [1.29, 1.82) is 0 Å². The number of hydrogen-bond acceptors (Lipinski definition) is 7. The molecule has 11 N–H and O–H groups in total. The van der Waals surface area contributed by atoms with Crippen molar-refractivity contribution in [2.75, 3.05) is 6.54 Å². The van der Waals surface area contributed by atoms with Crippen LogP contribution in [0, 0.1) is 0 Å². The van der Waals surface area contributed by atoms with Gasteiger partial charge in [-0.2, -0.15) is 0 Å². The number of benzene rings is 2. The third-order valence-corrected chi connectivity index (χ3v) is 8.03. The van der Waals surface area contributed by atoms with E-state index in [1.807, 2.05) is 48.5 Å². The van der Waals surface area contributed by atoms with Gasteiger partial charge in [-0.1, -0.05) is 42.8 Å². The second-order valence-corrected chi connectivity index (χ2v) is 11.5. The lowest BCUT2D eigenvalue weighted by Crippen LogP contribution is -2.57. The minimum atomic E-state index is -1.41. The summed E-state index contributed by atoms with van der Waals surface area (Å²) in [5, 5.41) is 28.6. The van der Waals surface area contributed by atoms with E-state index in [1.165, 1.54) is 0 Å². The molecular formula is C33H41N7O7. The number of fused-ring (bicyclic) bond motifs is 2. The van der Waals surface area contributed by atoms with Crippen molar-refractivity contribution in [3.63, 3.8) is 0 Å². The van der Waals surface area contributed by atoms with E-state index in [9.17, 15) is 34.2 Å². The van der Waals surface area contributed by atoms with Crippen LogP contribution in [0.25, 0.3) is 21.8 Å². The normalized spacial score (nSPS) is 13.8. The molecule has 0 fully saturated rings. The van der Waals surface area contributed by atoms with E-state index in [4.69, 9.17) is 11.5 Å². The predicted molar refractivity (Wildman–Crippen MR) is 175 cm³/mol. The number of para-hydroxylation sites is 2. The number of amides is 3. The summed E-state index contributed by atoms with van der Waals surface area (Å²) >= 11 is 0. The Kier molecular flexibility index (Phi) is 12.1. The first-order valence-electron chi connectivity index (χ1n) is 15.5. The number of unbranched alkanes of at least 4 members (excludes halogenated alkanes) is 1. The maximum atomic E-state index is 13.8. The first-order valence-corrected chi connectivity index (χ1v) is 15.5. The quantitative estimate of drug-likeness (QED) is 0.0705. The summed E-state index contributed by atoms with van der Waals surface area (Å²) in [6.45, 7) is 0.449. The van der Waals surface area contributed by atoms with Crippen molar-refractivity contribution in [2.45, 2.75) is 69.1 Å². The number of aliphatic carboxylic acids is 2. The molecule has 4 rings (SSSR count). The van der Waals surface area contributed by atoms with Crippen LogP contribution < -0.4 is 27.4 Å². The van der Waals surface area contributed by atoms with Gasteiger partial charge in [0.2, 0.25) is 17.7 Å². The molecule has 4 unspecified atom stereocenters. The summed E-state index contributed by atoms with van der Waals surface area (Å²) in [5.74, 6) is -4.72. The Morgan fingerprint density at radius 1 is 0.681 bits per heavy atom. The number of nitrogens with two attached hydrogens (primary N) is 2. The highest BCUT2D eigenvalue weighted by Crippen LogP contribution is 2.21. The molecule has 4 aromatic rings. The Bertz CT molecular complexity index is 1720. The lowest BCUT2D eigenvalue weighted by Gasteiger charge is -2.25. The van der Waals surface area contributed by atoms with Crippen molar-refractivity contribution in [1.82, 2.24) is 25.9 Å². The molecule has 2 aromatic carbocycles. The van der Waals surface area contributed by atoms with Crippen molar-refractivity contribution in [3.05, 3.63) is 72.1 Å². The van der Waals surface area contributed by atoms with E-state index in [0.717, 1.165) is 21.8 Å². The standard InChI is InChI=1S/C33H41N7O7/c34-14-6-5-9-23(35)30(43)39-27(15-19-17-36-24-10-3-1-7-21(19)24)32(45)38-26(12-13-29(41)42)31(44)40-28(33(46)47)16-20-18-37-25-11-4-2-8-22(20)25/h1-4,7-8,10-11,17-18,23,26-28,36-37H,5-6,9,12-16,34-35H2,(H,38,45)(H,39,43)(H,40,44)(H,41,42)(H,46,47). The third-order valence-electron chi connectivity index (χ3n) is 8.03. The van der Waals surface area contributed by atoms with Gasteiger partial charge in [0.05, 0.1) is 6.04 Å². The van der Waals surface area contributed by atoms with Crippen LogP contribution in [0.2, 0.25) is 0 Å². The predicted octanol–water partition coefficient (Wildman–Crippen LogP) is 1.29. The second-order valence-electron chi connectivity index (χ2n) is 11.5. The first-order chi connectivity index (χ1) is 22.6. The molecule has 0 saturated carbocycles. The zero-order valence-electron chi connectivity index (χ0n) is 25.8. The molecule has 0 aliphatic carbocycles. The van der Waals surface area contributed by atoms with Gasteiger partial charge in [0, 0.05) is 53.5 Å². The van der Waals surface area contributed by atoms with Crippen LogP contribution in [0.4, 0.5) is 0 Å². The molecule has 0 spiro atoms. The lowest BCUT2D eigenvalue weighted by atomic mass is 10.0. The van der Waals surface area contributed by atoms with Gasteiger partial charge in [-0.15, -0.1) is 0 Å². The van der Waals surface area contributed by atoms with Crippen molar-refractivity contribution >= 4 is 51.5 Å². The van der Waals surface area contributed by atoms with Crippen LogP contribution in [0.5, 0.6) is 0 Å². The molecule has 14 heteroatoms. The summed E-state index contributed by atoms with van der Waals surface area (Å²) < 4.78 is 0. The SMILES string of the molecule is NCCCCC(N)C(=O)NC(Cc1c[nH]c2ccccc12)C(=O)NC(CCC(=O)O)C(=O)NC(Cc1c[nH]c2ccccc12)C(=O)O. The van der Waals surface area contributed by atoms with Gasteiger partial charge in [0.1, 0.15) is 18.1 Å². The highest BCUT2D eigenvalue weighted by atomic mass is 16.4. The molecule has 0 aliphatic heterocycles. The van der Waals surface area contributed by atoms with E-state index >= 15 is 0 Å². The Morgan fingerprint density at radius 3 is 1.74 bits per heavy atom. The van der Waals surface area contributed by atoms with E-state index in [-0.39, 0.29) is 19.3 Å². The molecule has 0 bridgehead atoms. The number of nitrogens with one attached hydrogen (secondary N) is 5. The van der Waals surface area contributed by atoms with E-state index in [1.54, 1.807) is 12.4 Å². The Labute approximate surface area is 270 Å². The number of carbonyl (C=O) groups is 5. The Hall–Kier alpha value is -5.21. The smallest absolute Gasteiger partial charge is 0.326 e. The van der Waals surface area contributed by atoms with Gasteiger partial charge in [-0.05, 0) is 49.1 Å². The lowest BCUT2D eigenvalue weighted by molar-refractivity contribution is -0.143. The number of carbonyl (C=O) groups excluding carboxylic acids is 3. The number of carboxylic acid groups (broad SMARTS) is 2. The molecule has 0 radical (unpaired) electrons. The van der Waals surface area contributed by atoms with Crippen LogP contribution in [-0.4, -0.2) is 80.6 Å². The minimum Gasteiger partial charge on any atom is -0.481 e. The molecule has 0 saturated heterocycles. The Balaban J connectivity index is 1.54. The number of carboxylic acids is 2. The molecule has 4 atom stereocenters. The van der Waals surface area contributed by atoms with Crippen molar-refractivity contribution in [2.24, 2.45) is 11.5 Å². The average molecular weight is 648 g/mol. The van der Waals surface area contributed by atoms with Crippen LogP contribution in [0.15, 0.2) is 60.9 Å². The van der Waals surface area contributed by atoms with Gasteiger partial charge >= 0.3 is 11.9 Å². The second kappa shape index (κ2) is 16.4. The maximum absolute atomic E-state index is 13.8. The van der Waals surface area contributed by atoms with Crippen molar-refractivity contribution in [3.8, 4) is 0 Å². The summed E-state index contributed by atoms with van der Waals surface area (Å²) in [5.41, 5.74) is 14.6. The number of hydrogen-bond donors (Lipinski definition) is 9. The number of H-pyrrole nitrogens is 2. The third kappa shape index (κ3) is 9.40. The van der Waals surface area contributed by atoms with Gasteiger partial charge in [0.25, 0.3) is 0 Å². The van der Waals surface area contributed by atoms with E-state index in [2.05, 4.69) is 25.9 Å². The fourth-order valence-electron chi connectivity index (χ4n) is 5.45. The highest BCUT2D eigenvalue weighted by molar-refractivity contribution is 5.95. The molecule has 2 aromatic heterocycles. The van der Waals surface area contributed by atoms with Gasteiger partial charge in [-0.25, -0.2) is 4.79 Å².